The van der Waals surface area contributed by atoms with Gasteiger partial charge in [-0.1, -0.05) is 6.07 Å². The van der Waals surface area contributed by atoms with E-state index < -0.39 is 5.97 Å². The number of rotatable bonds is 6. The summed E-state index contributed by atoms with van der Waals surface area (Å²) in [4.78, 5) is 10.5. The maximum absolute atomic E-state index is 10.5. The summed E-state index contributed by atoms with van der Waals surface area (Å²) in [5.74, 6) is 0.143. The third kappa shape index (κ3) is 4.10. The van der Waals surface area contributed by atoms with Crippen LogP contribution in [-0.2, 0) is 18.4 Å². The van der Waals surface area contributed by atoms with Gasteiger partial charge in [0.1, 0.15) is 6.61 Å². The number of hydrogen-bond acceptors (Lipinski definition) is 4. The number of benzene rings is 1. The van der Waals surface area contributed by atoms with Crippen molar-refractivity contribution in [2.24, 2.45) is 7.05 Å². The average Bonchev–Trinajstić information content (AvgIpc) is 2.88. The Balaban J connectivity index is 2.15. The Morgan fingerprint density at radius 1 is 1.43 bits per heavy atom. The molecule has 0 aliphatic carbocycles. The Kier molecular flexibility index (Phi) is 4.61. The molecule has 0 fully saturated rings. The number of ether oxygens (including phenoxy) is 2. The SMILES string of the molecule is COc1ccc(/C=C/C(=O)O)cc1OCc1cnn(C)c1. The lowest BCUT2D eigenvalue weighted by Gasteiger charge is -2.10. The van der Waals surface area contributed by atoms with Crippen molar-refractivity contribution in [3.05, 3.63) is 47.8 Å². The molecule has 0 saturated heterocycles. The second kappa shape index (κ2) is 6.60. The predicted molar refractivity (Wildman–Crippen MR) is 77.2 cm³/mol. The van der Waals surface area contributed by atoms with Crippen LogP contribution in [0.2, 0.25) is 0 Å². The third-order valence-corrected chi connectivity index (χ3v) is 2.76. The van der Waals surface area contributed by atoms with Crippen LogP contribution in [0, 0.1) is 0 Å². The van der Waals surface area contributed by atoms with Gasteiger partial charge in [0.15, 0.2) is 11.5 Å². The fourth-order valence-corrected chi connectivity index (χ4v) is 1.78. The normalized spacial score (nSPS) is 10.8. The maximum atomic E-state index is 10.5. The molecule has 0 radical (unpaired) electrons. The molecule has 1 heterocycles. The fraction of sp³-hybridized carbons (Fsp3) is 0.200. The second-order valence-electron chi connectivity index (χ2n) is 4.39. The summed E-state index contributed by atoms with van der Waals surface area (Å²) < 4.78 is 12.6. The van der Waals surface area contributed by atoms with Crippen molar-refractivity contribution in [3.63, 3.8) is 0 Å². The van der Waals surface area contributed by atoms with Crippen LogP contribution in [0.5, 0.6) is 11.5 Å². The van der Waals surface area contributed by atoms with Crippen LogP contribution in [0.3, 0.4) is 0 Å². The summed E-state index contributed by atoms with van der Waals surface area (Å²) in [5, 5.41) is 12.7. The summed E-state index contributed by atoms with van der Waals surface area (Å²) in [6, 6.07) is 5.23. The molecule has 2 aromatic rings. The van der Waals surface area contributed by atoms with E-state index in [2.05, 4.69) is 5.10 Å². The molecule has 110 valence electrons. The van der Waals surface area contributed by atoms with E-state index in [1.165, 1.54) is 6.08 Å². The van der Waals surface area contributed by atoms with Crippen molar-refractivity contribution in [1.29, 1.82) is 0 Å². The molecular weight excluding hydrogens is 272 g/mol. The molecule has 21 heavy (non-hydrogen) atoms. The molecule has 0 bridgehead atoms. The number of methoxy groups -OCH3 is 1. The lowest BCUT2D eigenvalue weighted by atomic mass is 10.2. The first kappa shape index (κ1) is 14.6. The lowest BCUT2D eigenvalue weighted by Crippen LogP contribution is -1.97. The van der Waals surface area contributed by atoms with Crippen molar-refractivity contribution in [3.8, 4) is 11.5 Å². The number of aliphatic carboxylic acids is 1. The third-order valence-electron chi connectivity index (χ3n) is 2.76. The molecule has 0 aliphatic rings. The van der Waals surface area contributed by atoms with E-state index >= 15 is 0 Å². The molecule has 1 aromatic heterocycles. The summed E-state index contributed by atoms with van der Waals surface area (Å²) in [7, 11) is 3.39. The molecule has 0 amide bonds. The molecule has 6 heteroatoms. The molecule has 1 aromatic carbocycles. The number of carbonyl (C=O) groups is 1. The summed E-state index contributed by atoms with van der Waals surface area (Å²) in [5.41, 5.74) is 1.66. The van der Waals surface area contributed by atoms with E-state index in [1.807, 2.05) is 13.2 Å². The molecule has 0 saturated carbocycles. The van der Waals surface area contributed by atoms with E-state index in [0.717, 1.165) is 17.2 Å². The van der Waals surface area contributed by atoms with E-state index in [4.69, 9.17) is 14.6 Å². The van der Waals surface area contributed by atoms with Crippen molar-refractivity contribution in [2.75, 3.05) is 7.11 Å². The van der Waals surface area contributed by atoms with Crippen LogP contribution in [0.15, 0.2) is 36.7 Å². The van der Waals surface area contributed by atoms with Gasteiger partial charge in [-0.2, -0.15) is 5.10 Å². The van der Waals surface area contributed by atoms with Crippen molar-refractivity contribution in [1.82, 2.24) is 9.78 Å². The highest BCUT2D eigenvalue weighted by molar-refractivity contribution is 5.85. The Morgan fingerprint density at radius 3 is 2.86 bits per heavy atom. The Morgan fingerprint density at radius 2 is 2.24 bits per heavy atom. The highest BCUT2D eigenvalue weighted by Crippen LogP contribution is 2.29. The molecule has 2 rings (SSSR count). The quantitative estimate of drug-likeness (QED) is 0.824. The van der Waals surface area contributed by atoms with Crippen LogP contribution < -0.4 is 9.47 Å². The molecule has 0 spiro atoms. The Hall–Kier alpha value is -2.76. The molecule has 0 atom stereocenters. The zero-order valence-electron chi connectivity index (χ0n) is 11.8. The number of aromatic nitrogens is 2. The maximum Gasteiger partial charge on any atom is 0.328 e. The van der Waals surface area contributed by atoms with Gasteiger partial charge in [0.05, 0.1) is 13.3 Å². The number of carboxylic acid groups (broad SMARTS) is 1. The Labute approximate surface area is 122 Å². The zero-order chi connectivity index (χ0) is 15.2. The molecule has 0 unspecified atom stereocenters. The lowest BCUT2D eigenvalue weighted by molar-refractivity contribution is -0.131. The molecular formula is C15H16N2O4. The standard InChI is InChI=1S/C15H16N2O4/c1-17-9-12(8-16-17)10-21-14-7-11(4-6-15(18)19)3-5-13(14)20-2/h3-9H,10H2,1-2H3,(H,18,19)/b6-4+. The van der Waals surface area contributed by atoms with Crippen LogP contribution in [0.4, 0.5) is 0 Å². The van der Waals surface area contributed by atoms with Gasteiger partial charge >= 0.3 is 5.97 Å². The van der Waals surface area contributed by atoms with Crippen molar-refractivity contribution < 1.29 is 19.4 Å². The van der Waals surface area contributed by atoms with Crippen LogP contribution in [0.1, 0.15) is 11.1 Å². The number of carboxylic acids is 1. The van der Waals surface area contributed by atoms with E-state index in [-0.39, 0.29) is 0 Å². The van der Waals surface area contributed by atoms with Crippen molar-refractivity contribution in [2.45, 2.75) is 6.61 Å². The minimum atomic E-state index is -0.997. The minimum absolute atomic E-state index is 0.357. The van der Waals surface area contributed by atoms with Crippen molar-refractivity contribution >= 4 is 12.0 Å². The topological polar surface area (TPSA) is 73.6 Å². The number of nitrogens with zero attached hydrogens (tertiary/aromatic N) is 2. The molecule has 1 N–H and O–H groups in total. The Bertz CT molecular complexity index is 661. The summed E-state index contributed by atoms with van der Waals surface area (Å²) in [6.45, 7) is 0.357. The van der Waals surface area contributed by atoms with Gasteiger partial charge in [0, 0.05) is 24.9 Å². The number of hydrogen-bond donors (Lipinski definition) is 1. The molecule has 6 nitrogen and oxygen atoms in total. The minimum Gasteiger partial charge on any atom is -0.493 e. The zero-order valence-corrected chi connectivity index (χ0v) is 11.8. The van der Waals surface area contributed by atoms with Gasteiger partial charge in [-0.3, -0.25) is 4.68 Å². The van der Waals surface area contributed by atoms with Gasteiger partial charge in [-0.05, 0) is 23.8 Å². The average molecular weight is 288 g/mol. The highest BCUT2D eigenvalue weighted by Gasteiger charge is 2.06. The predicted octanol–water partition coefficient (Wildman–Crippen LogP) is 2.11. The molecule has 0 aliphatic heterocycles. The summed E-state index contributed by atoms with van der Waals surface area (Å²) in [6.07, 6.45) is 6.16. The van der Waals surface area contributed by atoms with Crippen LogP contribution >= 0.6 is 0 Å². The van der Waals surface area contributed by atoms with Gasteiger partial charge in [-0.25, -0.2) is 4.79 Å². The first-order valence-corrected chi connectivity index (χ1v) is 6.28. The highest BCUT2D eigenvalue weighted by atomic mass is 16.5. The van der Waals surface area contributed by atoms with E-state index in [0.29, 0.717) is 18.1 Å². The summed E-state index contributed by atoms with van der Waals surface area (Å²) >= 11 is 0. The largest absolute Gasteiger partial charge is 0.493 e. The van der Waals surface area contributed by atoms with Gasteiger partial charge < -0.3 is 14.6 Å². The monoisotopic (exact) mass is 288 g/mol. The van der Waals surface area contributed by atoms with E-state index in [1.54, 1.807) is 36.2 Å². The number of aryl methyl sites for hydroxylation is 1. The fourth-order valence-electron chi connectivity index (χ4n) is 1.78. The van der Waals surface area contributed by atoms with E-state index in [9.17, 15) is 4.79 Å². The van der Waals surface area contributed by atoms with Gasteiger partial charge in [-0.15, -0.1) is 0 Å². The smallest absolute Gasteiger partial charge is 0.328 e. The van der Waals surface area contributed by atoms with Gasteiger partial charge in [0.25, 0.3) is 0 Å². The van der Waals surface area contributed by atoms with Crippen LogP contribution in [0.25, 0.3) is 6.08 Å². The first-order chi connectivity index (χ1) is 10.1. The van der Waals surface area contributed by atoms with Gasteiger partial charge in [0.2, 0.25) is 0 Å². The second-order valence-corrected chi connectivity index (χ2v) is 4.39. The van der Waals surface area contributed by atoms with Crippen LogP contribution in [-0.4, -0.2) is 28.0 Å². The first-order valence-electron chi connectivity index (χ1n) is 6.28.